The first kappa shape index (κ1) is 15.6. The highest BCUT2D eigenvalue weighted by Crippen LogP contribution is 2.31. The molecule has 0 saturated heterocycles. The van der Waals surface area contributed by atoms with Gasteiger partial charge in [-0.15, -0.1) is 0 Å². The van der Waals surface area contributed by atoms with Gasteiger partial charge < -0.3 is 20.7 Å². The van der Waals surface area contributed by atoms with Gasteiger partial charge in [-0.2, -0.15) is 0 Å². The van der Waals surface area contributed by atoms with E-state index in [1.165, 1.54) is 6.42 Å². The van der Waals surface area contributed by atoms with E-state index in [1.54, 1.807) is 13.3 Å². The van der Waals surface area contributed by atoms with Crippen LogP contribution >= 0.6 is 0 Å². The Bertz CT molecular complexity index is 707. The molecule has 2 amide bonds. The number of nitrogens with zero attached hydrogens (tertiary/aromatic N) is 1. The van der Waals surface area contributed by atoms with Crippen LogP contribution in [0.15, 0.2) is 30.5 Å². The fourth-order valence-electron chi connectivity index (χ4n) is 2.99. The molecule has 0 spiro atoms. The summed E-state index contributed by atoms with van der Waals surface area (Å²) in [5.74, 6) is 0.551. The van der Waals surface area contributed by atoms with Crippen LogP contribution in [-0.2, 0) is 0 Å². The molecule has 1 aromatic carbocycles. The molecule has 1 aromatic heterocycles. The van der Waals surface area contributed by atoms with Gasteiger partial charge in [0.25, 0.3) is 0 Å². The number of carbonyl (C=O) groups excluding carboxylic acids is 1. The minimum Gasteiger partial charge on any atom is -0.481 e. The van der Waals surface area contributed by atoms with Gasteiger partial charge >= 0.3 is 6.03 Å². The van der Waals surface area contributed by atoms with Crippen molar-refractivity contribution >= 4 is 22.5 Å². The van der Waals surface area contributed by atoms with Crippen molar-refractivity contribution in [1.82, 2.24) is 15.6 Å². The van der Waals surface area contributed by atoms with Crippen molar-refractivity contribution < 1.29 is 9.53 Å². The Labute approximate surface area is 135 Å². The molecule has 0 atom stereocenters. The van der Waals surface area contributed by atoms with Crippen LogP contribution in [0.25, 0.3) is 10.8 Å². The summed E-state index contributed by atoms with van der Waals surface area (Å²) in [5, 5.41) is 11.0. The fraction of sp³-hybridized carbons (Fsp3) is 0.412. The van der Waals surface area contributed by atoms with E-state index in [-0.39, 0.29) is 11.6 Å². The summed E-state index contributed by atoms with van der Waals surface area (Å²) in [4.78, 5) is 16.4. The van der Waals surface area contributed by atoms with Gasteiger partial charge in [0, 0.05) is 29.1 Å². The zero-order valence-electron chi connectivity index (χ0n) is 13.5. The molecule has 2 aromatic rings. The van der Waals surface area contributed by atoms with Gasteiger partial charge in [-0.1, -0.05) is 6.07 Å². The monoisotopic (exact) mass is 314 g/mol. The number of nitrogens with one attached hydrogen (secondary N) is 3. The number of hydrogen-bond donors (Lipinski definition) is 3. The molecule has 1 fully saturated rings. The highest BCUT2D eigenvalue weighted by Gasteiger charge is 2.35. The standard InChI is InChI=1S/C17H22N4O2/c1-18-17(8-4-9-17)11-20-16(22)21-14-6-3-5-13-12(14)7-10-19-15(13)23-2/h3,5-7,10,18H,4,8-9,11H2,1-2H3,(H2,20,21,22). The molecular weight excluding hydrogens is 292 g/mol. The highest BCUT2D eigenvalue weighted by atomic mass is 16.5. The lowest BCUT2D eigenvalue weighted by Gasteiger charge is -2.41. The van der Waals surface area contributed by atoms with Gasteiger partial charge in [-0.25, -0.2) is 9.78 Å². The molecule has 0 bridgehead atoms. The van der Waals surface area contributed by atoms with E-state index in [4.69, 9.17) is 4.74 Å². The Kier molecular flexibility index (Phi) is 4.34. The molecule has 23 heavy (non-hydrogen) atoms. The summed E-state index contributed by atoms with van der Waals surface area (Å²) >= 11 is 0. The maximum atomic E-state index is 12.2. The zero-order chi connectivity index (χ0) is 16.3. The summed E-state index contributed by atoms with van der Waals surface area (Å²) in [6.07, 6.45) is 5.08. The normalized spacial score (nSPS) is 15.7. The number of urea groups is 1. The third-order valence-electron chi connectivity index (χ3n) is 4.64. The molecule has 1 saturated carbocycles. The molecular formula is C17H22N4O2. The van der Waals surface area contributed by atoms with E-state index >= 15 is 0 Å². The molecule has 122 valence electrons. The van der Waals surface area contributed by atoms with Crippen molar-refractivity contribution in [3.8, 4) is 5.88 Å². The molecule has 6 nitrogen and oxygen atoms in total. The third-order valence-corrected chi connectivity index (χ3v) is 4.64. The van der Waals surface area contributed by atoms with Crippen LogP contribution in [0.2, 0.25) is 0 Å². The van der Waals surface area contributed by atoms with Crippen LogP contribution in [0.3, 0.4) is 0 Å². The first-order valence-corrected chi connectivity index (χ1v) is 7.83. The van der Waals surface area contributed by atoms with Crippen LogP contribution in [0.1, 0.15) is 19.3 Å². The Morgan fingerprint density at radius 1 is 1.30 bits per heavy atom. The molecule has 0 radical (unpaired) electrons. The van der Waals surface area contributed by atoms with Crippen LogP contribution in [0.5, 0.6) is 5.88 Å². The minimum atomic E-state index is -0.199. The van der Waals surface area contributed by atoms with Gasteiger partial charge in [0.2, 0.25) is 5.88 Å². The van der Waals surface area contributed by atoms with Crippen molar-refractivity contribution in [3.63, 3.8) is 0 Å². The summed E-state index contributed by atoms with van der Waals surface area (Å²) in [6, 6.07) is 7.35. The summed E-state index contributed by atoms with van der Waals surface area (Å²) in [6.45, 7) is 0.630. The second-order valence-corrected chi connectivity index (χ2v) is 5.91. The predicted octanol–water partition coefficient (Wildman–Crippen LogP) is 2.51. The molecule has 0 unspecified atom stereocenters. The third kappa shape index (κ3) is 3.07. The molecule has 1 aliphatic carbocycles. The van der Waals surface area contributed by atoms with Crippen molar-refractivity contribution in [2.45, 2.75) is 24.8 Å². The minimum absolute atomic E-state index is 0.0588. The number of anilines is 1. The lowest BCUT2D eigenvalue weighted by atomic mass is 9.77. The smallest absolute Gasteiger partial charge is 0.319 e. The number of benzene rings is 1. The quantitative estimate of drug-likeness (QED) is 0.792. The second-order valence-electron chi connectivity index (χ2n) is 5.91. The van der Waals surface area contributed by atoms with E-state index in [1.807, 2.05) is 31.3 Å². The first-order valence-electron chi connectivity index (χ1n) is 7.83. The predicted molar refractivity (Wildman–Crippen MR) is 91.0 cm³/mol. The van der Waals surface area contributed by atoms with Gasteiger partial charge in [0.1, 0.15) is 0 Å². The van der Waals surface area contributed by atoms with Gasteiger partial charge in [-0.05, 0) is 44.5 Å². The lowest BCUT2D eigenvalue weighted by molar-refractivity contribution is 0.191. The van der Waals surface area contributed by atoms with Crippen molar-refractivity contribution in [2.24, 2.45) is 0 Å². The highest BCUT2D eigenvalue weighted by molar-refractivity contribution is 6.03. The van der Waals surface area contributed by atoms with Gasteiger partial charge in [0.05, 0.1) is 12.8 Å². The fourth-order valence-corrected chi connectivity index (χ4v) is 2.99. The van der Waals surface area contributed by atoms with Crippen LogP contribution < -0.4 is 20.7 Å². The number of amides is 2. The maximum Gasteiger partial charge on any atom is 0.319 e. The molecule has 3 N–H and O–H groups in total. The van der Waals surface area contributed by atoms with E-state index in [0.717, 1.165) is 29.3 Å². The van der Waals surface area contributed by atoms with Crippen LogP contribution in [0, 0.1) is 0 Å². The average Bonchev–Trinajstić information content (AvgIpc) is 2.54. The summed E-state index contributed by atoms with van der Waals surface area (Å²) in [7, 11) is 3.53. The number of ether oxygens (including phenoxy) is 1. The van der Waals surface area contributed by atoms with E-state index in [9.17, 15) is 4.79 Å². The Morgan fingerprint density at radius 3 is 2.78 bits per heavy atom. The molecule has 3 rings (SSSR count). The Morgan fingerprint density at radius 2 is 2.13 bits per heavy atom. The number of fused-ring (bicyclic) bond motifs is 1. The van der Waals surface area contributed by atoms with Gasteiger partial charge in [-0.3, -0.25) is 0 Å². The van der Waals surface area contributed by atoms with Crippen molar-refractivity contribution in [1.29, 1.82) is 0 Å². The number of pyridine rings is 1. The van der Waals surface area contributed by atoms with Crippen molar-refractivity contribution in [2.75, 3.05) is 26.0 Å². The van der Waals surface area contributed by atoms with E-state index < -0.39 is 0 Å². The average molecular weight is 314 g/mol. The maximum absolute atomic E-state index is 12.2. The molecule has 1 heterocycles. The van der Waals surface area contributed by atoms with Crippen LogP contribution in [0.4, 0.5) is 10.5 Å². The van der Waals surface area contributed by atoms with Crippen LogP contribution in [-0.4, -0.2) is 37.3 Å². The SMILES string of the molecule is CNC1(CNC(=O)Nc2cccc3c(OC)nccc23)CCC1. The number of methoxy groups -OCH3 is 1. The molecule has 1 aliphatic rings. The first-order chi connectivity index (χ1) is 11.2. The number of aromatic nitrogens is 1. The zero-order valence-corrected chi connectivity index (χ0v) is 13.5. The number of carbonyl (C=O) groups is 1. The van der Waals surface area contributed by atoms with Crippen molar-refractivity contribution in [3.05, 3.63) is 30.5 Å². The Hall–Kier alpha value is -2.34. The second kappa shape index (κ2) is 6.42. The topological polar surface area (TPSA) is 75.3 Å². The van der Waals surface area contributed by atoms with Gasteiger partial charge in [0.15, 0.2) is 0 Å². The van der Waals surface area contributed by atoms with E-state index in [0.29, 0.717) is 12.4 Å². The molecule has 0 aliphatic heterocycles. The largest absolute Gasteiger partial charge is 0.481 e. The number of rotatable bonds is 5. The van der Waals surface area contributed by atoms with E-state index in [2.05, 4.69) is 20.9 Å². The Balaban J connectivity index is 1.72. The summed E-state index contributed by atoms with van der Waals surface area (Å²) < 4.78 is 5.27. The number of likely N-dealkylation sites (N-methyl/N-ethyl adjacent to an activating group) is 1. The lowest BCUT2D eigenvalue weighted by Crippen LogP contribution is -2.57. The summed E-state index contributed by atoms with van der Waals surface area (Å²) in [5.41, 5.74) is 0.802. The number of hydrogen-bond acceptors (Lipinski definition) is 4. The molecule has 6 heteroatoms.